The Hall–Kier alpha value is -3.13. The summed E-state index contributed by atoms with van der Waals surface area (Å²) in [4.78, 5) is 20.2. The van der Waals surface area contributed by atoms with E-state index in [2.05, 4.69) is 25.7 Å². The first-order valence-electron chi connectivity index (χ1n) is 9.69. The van der Waals surface area contributed by atoms with Crippen LogP contribution in [0.3, 0.4) is 0 Å². The van der Waals surface area contributed by atoms with Crippen molar-refractivity contribution in [1.82, 2.24) is 29.6 Å². The summed E-state index contributed by atoms with van der Waals surface area (Å²) in [5.41, 5.74) is -2.15. The van der Waals surface area contributed by atoms with Gasteiger partial charge < -0.3 is 10.6 Å². The maximum absolute atomic E-state index is 14.7. The number of halogens is 7. The van der Waals surface area contributed by atoms with Gasteiger partial charge in [0.15, 0.2) is 17.3 Å². The van der Waals surface area contributed by atoms with Gasteiger partial charge in [-0.1, -0.05) is 11.6 Å². The summed E-state index contributed by atoms with van der Waals surface area (Å²) in [6.45, 7) is 0.407. The lowest BCUT2D eigenvalue weighted by Crippen LogP contribution is -2.33. The number of amides is 1. The number of imidazole rings is 1. The molecule has 1 aliphatic heterocycles. The van der Waals surface area contributed by atoms with Gasteiger partial charge in [-0.2, -0.15) is 18.3 Å². The van der Waals surface area contributed by atoms with Crippen molar-refractivity contribution in [1.29, 1.82) is 0 Å². The second kappa shape index (κ2) is 8.27. The second-order valence-corrected chi connectivity index (χ2v) is 8.36. The molecule has 8 nitrogen and oxygen atoms in total. The third-order valence-electron chi connectivity index (χ3n) is 5.16. The van der Waals surface area contributed by atoms with Crippen molar-refractivity contribution in [3.8, 4) is 5.82 Å². The van der Waals surface area contributed by atoms with E-state index in [-0.39, 0.29) is 17.2 Å². The number of carbonyl (C=O) groups excluding carboxylic acids is 1. The standard InChI is InChI=1S/C19H16ClF6N7O/c1-17(7-18(22,23)8-29-17)13-5-32(9-28-13)16-11(21)2-10(4-27-16)30-15(34)6-33-14(20)3-12(31-33)19(24,25)26/h2-5,9,29H,6-8H2,1H3,(H,30,34). The Balaban J connectivity index is 1.46. The van der Waals surface area contributed by atoms with Crippen LogP contribution >= 0.6 is 11.6 Å². The Morgan fingerprint density at radius 2 is 2.03 bits per heavy atom. The fraction of sp³-hybridized carbons (Fsp3) is 0.368. The molecule has 0 bridgehead atoms. The van der Waals surface area contributed by atoms with Crippen LogP contribution in [0.2, 0.25) is 5.15 Å². The van der Waals surface area contributed by atoms with Crippen molar-refractivity contribution < 1.29 is 31.1 Å². The molecule has 0 saturated carbocycles. The quantitative estimate of drug-likeness (QED) is 0.513. The van der Waals surface area contributed by atoms with Gasteiger partial charge >= 0.3 is 6.18 Å². The van der Waals surface area contributed by atoms with Gasteiger partial charge in [-0.25, -0.2) is 27.8 Å². The van der Waals surface area contributed by atoms with Crippen molar-refractivity contribution in [2.75, 3.05) is 11.9 Å². The van der Waals surface area contributed by atoms with E-state index in [1.54, 1.807) is 6.92 Å². The van der Waals surface area contributed by atoms with Gasteiger partial charge in [-0.3, -0.25) is 9.36 Å². The molecule has 1 saturated heterocycles. The summed E-state index contributed by atoms with van der Waals surface area (Å²) in [6.07, 6.45) is -1.49. The lowest BCUT2D eigenvalue weighted by molar-refractivity contribution is -0.141. The summed E-state index contributed by atoms with van der Waals surface area (Å²) >= 11 is 5.68. The van der Waals surface area contributed by atoms with E-state index in [1.807, 2.05) is 0 Å². The Kier molecular flexibility index (Phi) is 5.84. The van der Waals surface area contributed by atoms with E-state index in [0.29, 0.717) is 10.7 Å². The molecule has 0 aromatic carbocycles. The highest BCUT2D eigenvalue weighted by Gasteiger charge is 2.48. The van der Waals surface area contributed by atoms with Gasteiger partial charge in [-0.15, -0.1) is 0 Å². The average molecular weight is 508 g/mol. The number of pyridine rings is 1. The molecule has 3 aromatic heterocycles. The molecule has 4 rings (SSSR count). The number of anilines is 1. The number of alkyl halides is 5. The van der Waals surface area contributed by atoms with Crippen LogP contribution in [-0.4, -0.2) is 42.7 Å². The van der Waals surface area contributed by atoms with Gasteiger partial charge in [0.1, 0.15) is 18.0 Å². The number of aromatic nitrogens is 5. The average Bonchev–Trinajstić information content (AvgIpc) is 3.40. The van der Waals surface area contributed by atoms with E-state index >= 15 is 0 Å². The molecule has 182 valence electrons. The zero-order valence-corrected chi connectivity index (χ0v) is 18.1. The molecular weight excluding hydrogens is 492 g/mol. The first kappa shape index (κ1) is 24.0. The van der Waals surface area contributed by atoms with Crippen LogP contribution in [0.15, 0.2) is 30.9 Å². The number of rotatable bonds is 5. The predicted molar refractivity (Wildman–Crippen MR) is 107 cm³/mol. The molecular formula is C19H16ClF6N7O. The zero-order chi connectivity index (χ0) is 24.9. The highest BCUT2D eigenvalue weighted by atomic mass is 35.5. The molecule has 1 aliphatic rings. The SMILES string of the molecule is CC1(c2cn(-c3ncc(NC(=O)Cn4nc(C(F)(F)F)cc4Cl)cc3F)cn2)CC(F)(F)CN1. The van der Waals surface area contributed by atoms with Gasteiger partial charge in [0, 0.05) is 24.8 Å². The lowest BCUT2D eigenvalue weighted by atomic mass is 9.95. The minimum atomic E-state index is -4.73. The van der Waals surface area contributed by atoms with Crippen LogP contribution in [0.1, 0.15) is 24.7 Å². The topological polar surface area (TPSA) is 89.7 Å². The van der Waals surface area contributed by atoms with E-state index < -0.39 is 59.7 Å². The summed E-state index contributed by atoms with van der Waals surface area (Å²) in [7, 11) is 0. The zero-order valence-electron chi connectivity index (χ0n) is 17.3. The van der Waals surface area contributed by atoms with Crippen LogP contribution in [0, 0.1) is 5.82 Å². The monoisotopic (exact) mass is 507 g/mol. The summed E-state index contributed by atoms with van der Waals surface area (Å²) in [5.74, 6) is -4.78. The van der Waals surface area contributed by atoms with Gasteiger partial charge in [0.25, 0.3) is 5.92 Å². The molecule has 1 atom stereocenters. The molecule has 1 amide bonds. The first-order valence-corrected chi connectivity index (χ1v) is 10.1. The van der Waals surface area contributed by atoms with E-state index in [0.717, 1.165) is 12.3 Å². The van der Waals surface area contributed by atoms with Crippen molar-refractivity contribution in [3.63, 3.8) is 0 Å². The molecule has 0 spiro atoms. The largest absolute Gasteiger partial charge is 0.435 e. The van der Waals surface area contributed by atoms with Crippen LogP contribution in [0.5, 0.6) is 0 Å². The van der Waals surface area contributed by atoms with Gasteiger partial charge in [0.2, 0.25) is 5.91 Å². The first-order chi connectivity index (χ1) is 15.8. The number of hydrogen-bond donors (Lipinski definition) is 2. The van der Waals surface area contributed by atoms with Gasteiger partial charge in [0.05, 0.1) is 29.7 Å². The predicted octanol–water partition coefficient (Wildman–Crippen LogP) is 3.76. The van der Waals surface area contributed by atoms with Crippen molar-refractivity contribution in [2.45, 2.75) is 37.5 Å². The van der Waals surface area contributed by atoms with E-state index in [9.17, 15) is 31.1 Å². The second-order valence-electron chi connectivity index (χ2n) is 7.97. The normalized spacial score (nSPS) is 20.0. The Bertz CT molecular complexity index is 1240. The molecule has 34 heavy (non-hydrogen) atoms. The lowest BCUT2D eigenvalue weighted by Gasteiger charge is -2.21. The molecule has 15 heteroatoms. The fourth-order valence-corrected chi connectivity index (χ4v) is 3.74. The van der Waals surface area contributed by atoms with Crippen LogP contribution in [0.25, 0.3) is 5.82 Å². The summed E-state index contributed by atoms with van der Waals surface area (Å²) < 4.78 is 81.9. The molecule has 1 unspecified atom stereocenters. The van der Waals surface area contributed by atoms with Crippen molar-refractivity contribution >= 4 is 23.2 Å². The maximum Gasteiger partial charge on any atom is 0.435 e. The molecule has 0 aliphatic carbocycles. The Morgan fingerprint density at radius 3 is 2.62 bits per heavy atom. The maximum atomic E-state index is 14.7. The number of carbonyl (C=O) groups is 1. The molecule has 2 N–H and O–H groups in total. The highest BCUT2D eigenvalue weighted by molar-refractivity contribution is 6.29. The highest BCUT2D eigenvalue weighted by Crippen LogP contribution is 2.38. The number of hydrogen-bond acceptors (Lipinski definition) is 5. The van der Waals surface area contributed by atoms with Crippen LogP contribution in [0.4, 0.5) is 32.0 Å². The smallest absolute Gasteiger partial charge is 0.323 e. The van der Waals surface area contributed by atoms with Gasteiger partial charge in [-0.05, 0) is 6.92 Å². The fourth-order valence-electron chi connectivity index (χ4n) is 3.54. The van der Waals surface area contributed by atoms with Crippen LogP contribution < -0.4 is 10.6 Å². The Morgan fingerprint density at radius 1 is 1.29 bits per heavy atom. The molecule has 3 aromatic rings. The third kappa shape index (κ3) is 4.87. The summed E-state index contributed by atoms with van der Waals surface area (Å²) in [5, 5.41) is 7.84. The number of nitrogens with zero attached hydrogens (tertiary/aromatic N) is 5. The third-order valence-corrected chi connectivity index (χ3v) is 5.47. The molecule has 1 fully saturated rings. The minimum absolute atomic E-state index is 0.0741. The van der Waals surface area contributed by atoms with Crippen molar-refractivity contribution in [2.24, 2.45) is 0 Å². The minimum Gasteiger partial charge on any atom is -0.323 e. The van der Waals surface area contributed by atoms with E-state index in [1.165, 1.54) is 17.1 Å². The van der Waals surface area contributed by atoms with Crippen molar-refractivity contribution in [3.05, 3.63) is 53.2 Å². The van der Waals surface area contributed by atoms with E-state index in [4.69, 9.17) is 11.6 Å². The molecule has 4 heterocycles. The molecule has 0 radical (unpaired) electrons. The Labute approximate surface area is 192 Å². The van der Waals surface area contributed by atoms with Crippen LogP contribution in [-0.2, 0) is 23.1 Å². The summed E-state index contributed by atoms with van der Waals surface area (Å²) in [6, 6.07) is 1.52. The number of nitrogens with one attached hydrogen (secondary N) is 2.